The van der Waals surface area contributed by atoms with E-state index in [0.717, 1.165) is 17.7 Å². The number of nitrogens with one attached hydrogen (secondary N) is 1. The molecule has 0 bridgehead atoms. The van der Waals surface area contributed by atoms with Gasteiger partial charge in [0, 0.05) is 23.2 Å². The number of alkyl halides is 1. The molecule has 2 nitrogen and oxygen atoms in total. The largest absolute Gasteiger partial charge is 0.322 e. The lowest BCUT2D eigenvalue weighted by Crippen LogP contribution is -2.12. The van der Waals surface area contributed by atoms with Crippen LogP contribution in [0.4, 0.5) is 14.5 Å². The molecular weight excluding hydrogens is 272 g/mol. The first kappa shape index (κ1) is 13.5. The van der Waals surface area contributed by atoms with Crippen molar-refractivity contribution in [2.45, 2.75) is 5.88 Å². The van der Waals surface area contributed by atoms with Gasteiger partial charge < -0.3 is 5.32 Å². The van der Waals surface area contributed by atoms with E-state index < -0.39 is 17.5 Å². The number of anilines is 1. The first-order valence-electron chi connectivity index (χ1n) is 5.51. The van der Waals surface area contributed by atoms with E-state index in [1.165, 1.54) is 6.07 Å². The molecule has 0 aliphatic rings. The van der Waals surface area contributed by atoms with Crippen molar-refractivity contribution in [1.82, 2.24) is 0 Å². The lowest BCUT2D eigenvalue weighted by Gasteiger charge is -2.06. The highest BCUT2D eigenvalue weighted by Crippen LogP contribution is 2.15. The van der Waals surface area contributed by atoms with Gasteiger partial charge in [0.1, 0.15) is 0 Å². The van der Waals surface area contributed by atoms with Crippen LogP contribution in [0.1, 0.15) is 15.9 Å². The summed E-state index contributed by atoms with van der Waals surface area (Å²) in [5, 5.41) is 2.49. The highest BCUT2D eigenvalue weighted by atomic mass is 35.5. The van der Waals surface area contributed by atoms with Gasteiger partial charge in [-0.15, -0.1) is 11.6 Å². The summed E-state index contributed by atoms with van der Waals surface area (Å²) in [6.07, 6.45) is 0. The van der Waals surface area contributed by atoms with Gasteiger partial charge in [-0.05, 0) is 29.8 Å². The molecule has 0 aliphatic heterocycles. The number of hydrogen-bond donors (Lipinski definition) is 1. The molecule has 0 fully saturated rings. The highest BCUT2D eigenvalue weighted by molar-refractivity contribution is 6.17. The Morgan fingerprint density at radius 3 is 2.32 bits per heavy atom. The van der Waals surface area contributed by atoms with Crippen LogP contribution in [0.5, 0.6) is 0 Å². The Morgan fingerprint density at radius 1 is 1.05 bits per heavy atom. The average molecular weight is 282 g/mol. The molecule has 0 aliphatic carbocycles. The van der Waals surface area contributed by atoms with Crippen LogP contribution in [0, 0.1) is 11.6 Å². The van der Waals surface area contributed by atoms with E-state index in [9.17, 15) is 13.6 Å². The monoisotopic (exact) mass is 281 g/mol. The van der Waals surface area contributed by atoms with Crippen molar-refractivity contribution in [3.8, 4) is 0 Å². The van der Waals surface area contributed by atoms with Crippen LogP contribution in [-0.4, -0.2) is 5.91 Å². The number of halogens is 3. The zero-order chi connectivity index (χ0) is 13.8. The third kappa shape index (κ3) is 3.29. The second kappa shape index (κ2) is 5.80. The van der Waals surface area contributed by atoms with E-state index in [0.29, 0.717) is 11.4 Å². The molecule has 0 spiro atoms. The first-order chi connectivity index (χ1) is 9.10. The van der Waals surface area contributed by atoms with Crippen LogP contribution in [0.15, 0.2) is 42.5 Å². The number of hydrogen-bond acceptors (Lipinski definition) is 1. The molecule has 98 valence electrons. The van der Waals surface area contributed by atoms with Crippen molar-refractivity contribution in [2.24, 2.45) is 0 Å². The van der Waals surface area contributed by atoms with E-state index in [2.05, 4.69) is 5.32 Å². The maximum absolute atomic E-state index is 13.0. The molecule has 2 rings (SSSR count). The Kier molecular flexibility index (Phi) is 4.12. The second-order valence-electron chi connectivity index (χ2n) is 3.91. The topological polar surface area (TPSA) is 29.1 Å². The van der Waals surface area contributed by atoms with Crippen molar-refractivity contribution in [1.29, 1.82) is 0 Å². The lowest BCUT2D eigenvalue weighted by molar-refractivity contribution is 0.102. The van der Waals surface area contributed by atoms with Crippen LogP contribution in [0.3, 0.4) is 0 Å². The summed E-state index contributed by atoms with van der Waals surface area (Å²) < 4.78 is 25.7. The van der Waals surface area contributed by atoms with Crippen molar-refractivity contribution in [3.05, 3.63) is 65.2 Å². The van der Waals surface area contributed by atoms with Crippen LogP contribution >= 0.6 is 11.6 Å². The third-order valence-corrected chi connectivity index (χ3v) is 2.86. The fraction of sp³-hybridized carbons (Fsp3) is 0.0714. The normalized spacial score (nSPS) is 10.3. The van der Waals surface area contributed by atoms with Crippen LogP contribution < -0.4 is 5.32 Å². The van der Waals surface area contributed by atoms with Crippen molar-refractivity contribution < 1.29 is 13.6 Å². The van der Waals surface area contributed by atoms with Crippen molar-refractivity contribution in [2.75, 3.05) is 5.32 Å². The molecule has 0 saturated carbocycles. The number of amides is 1. The molecule has 0 saturated heterocycles. The molecule has 1 N–H and O–H groups in total. The average Bonchev–Trinajstić information content (AvgIpc) is 2.43. The lowest BCUT2D eigenvalue weighted by atomic mass is 10.1. The molecule has 0 radical (unpaired) electrons. The number of rotatable bonds is 3. The molecule has 0 heterocycles. The van der Waals surface area contributed by atoms with E-state index in [1.807, 2.05) is 0 Å². The van der Waals surface area contributed by atoms with Gasteiger partial charge in [-0.2, -0.15) is 0 Å². The molecule has 19 heavy (non-hydrogen) atoms. The van der Waals surface area contributed by atoms with Gasteiger partial charge in [0.2, 0.25) is 0 Å². The maximum Gasteiger partial charge on any atom is 0.255 e. The predicted octanol–water partition coefficient (Wildman–Crippen LogP) is 3.96. The number of carbonyl (C=O) groups excluding carboxylic acids is 1. The summed E-state index contributed by atoms with van der Waals surface area (Å²) >= 11 is 5.64. The van der Waals surface area contributed by atoms with Gasteiger partial charge in [0.05, 0.1) is 0 Å². The summed E-state index contributed by atoms with van der Waals surface area (Å²) in [5.41, 5.74) is 1.51. The Labute approximate surface area is 114 Å². The SMILES string of the molecule is O=C(Nc1ccc(F)c(F)c1)c1ccc(CCl)cc1. The van der Waals surface area contributed by atoms with Crippen molar-refractivity contribution >= 4 is 23.2 Å². The summed E-state index contributed by atoms with van der Waals surface area (Å²) in [4.78, 5) is 11.8. The van der Waals surface area contributed by atoms with Gasteiger partial charge in [-0.25, -0.2) is 8.78 Å². The van der Waals surface area contributed by atoms with Crippen molar-refractivity contribution in [3.63, 3.8) is 0 Å². The maximum atomic E-state index is 13.0. The summed E-state index contributed by atoms with van der Waals surface area (Å²) in [7, 11) is 0. The molecule has 0 aromatic heterocycles. The van der Waals surface area contributed by atoms with Gasteiger partial charge in [0.15, 0.2) is 11.6 Å². The van der Waals surface area contributed by atoms with Gasteiger partial charge in [0.25, 0.3) is 5.91 Å². The molecular formula is C14H10ClF2NO. The Morgan fingerprint density at radius 2 is 1.74 bits per heavy atom. The minimum Gasteiger partial charge on any atom is -0.322 e. The Hall–Kier alpha value is -1.94. The predicted molar refractivity (Wildman–Crippen MR) is 70.3 cm³/mol. The third-order valence-electron chi connectivity index (χ3n) is 2.55. The van der Waals surface area contributed by atoms with E-state index >= 15 is 0 Å². The summed E-state index contributed by atoms with van der Waals surface area (Å²) in [5.74, 6) is -1.99. The molecule has 0 unspecified atom stereocenters. The zero-order valence-electron chi connectivity index (χ0n) is 9.79. The number of carbonyl (C=O) groups is 1. The zero-order valence-corrected chi connectivity index (χ0v) is 10.5. The Balaban J connectivity index is 2.13. The molecule has 2 aromatic rings. The minimum atomic E-state index is -1.00. The molecule has 2 aromatic carbocycles. The second-order valence-corrected chi connectivity index (χ2v) is 4.18. The first-order valence-corrected chi connectivity index (χ1v) is 6.05. The van der Waals surface area contributed by atoms with Gasteiger partial charge >= 0.3 is 0 Å². The van der Waals surface area contributed by atoms with Gasteiger partial charge in [-0.3, -0.25) is 4.79 Å². The van der Waals surface area contributed by atoms with E-state index in [1.54, 1.807) is 24.3 Å². The summed E-state index contributed by atoms with van der Waals surface area (Å²) in [6.45, 7) is 0. The minimum absolute atomic E-state index is 0.199. The van der Waals surface area contributed by atoms with E-state index in [-0.39, 0.29) is 5.69 Å². The molecule has 5 heteroatoms. The van der Waals surface area contributed by atoms with Crippen LogP contribution in [0.25, 0.3) is 0 Å². The van der Waals surface area contributed by atoms with E-state index in [4.69, 9.17) is 11.6 Å². The highest BCUT2D eigenvalue weighted by Gasteiger charge is 2.08. The van der Waals surface area contributed by atoms with Crippen LogP contribution in [-0.2, 0) is 5.88 Å². The molecule has 0 atom stereocenters. The standard InChI is InChI=1S/C14H10ClF2NO/c15-8-9-1-3-10(4-2-9)14(19)18-11-5-6-12(16)13(17)7-11/h1-7H,8H2,(H,18,19). The fourth-order valence-corrected chi connectivity index (χ4v) is 1.70. The smallest absolute Gasteiger partial charge is 0.255 e. The molecule has 1 amide bonds. The quantitative estimate of drug-likeness (QED) is 0.848. The van der Waals surface area contributed by atoms with Crippen LogP contribution in [0.2, 0.25) is 0 Å². The Bertz CT molecular complexity index is 599. The van der Waals surface area contributed by atoms with Gasteiger partial charge in [-0.1, -0.05) is 12.1 Å². The summed E-state index contributed by atoms with van der Waals surface area (Å²) in [6, 6.07) is 9.88. The number of benzene rings is 2. The fourth-order valence-electron chi connectivity index (χ4n) is 1.52.